The SMILES string of the molecule is CNCc1nnc(-c2cccc(C)c2I)s1. The summed E-state index contributed by atoms with van der Waals surface area (Å²) in [7, 11) is 1.91. The fourth-order valence-electron chi connectivity index (χ4n) is 1.40. The van der Waals surface area contributed by atoms with Gasteiger partial charge in [0.25, 0.3) is 0 Å². The van der Waals surface area contributed by atoms with Crippen LogP contribution >= 0.6 is 33.9 Å². The minimum absolute atomic E-state index is 0.778. The van der Waals surface area contributed by atoms with Gasteiger partial charge in [0.05, 0.1) is 0 Å². The summed E-state index contributed by atoms with van der Waals surface area (Å²) < 4.78 is 1.26. The van der Waals surface area contributed by atoms with E-state index >= 15 is 0 Å². The van der Waals surface area contributed by atoms with Gasteiger partial charge in [0.15, 0.2) is 0 Å². The molecule has 2 rings (SSSR count). The van der Waals surface area contributed by atoms with E-state index < -0.39 is 0 Å². The van der Waals surface area contributed by atoms with Gasteiger partial charge in [0, 0.05) is 15.7 Å². The van der Waals surface area contributed by atoms with Gasteiger partial charge in [-0.15, -0.1) is 10.2 Å². The van der Waals surface area contributed by atoms with Crippen LogP contribution in [0.15, 0.2) is 18.2 Å². The molecular formula is C11H12IN3S. The van der Waals surface area contributed by atoms with Crippen molar-refractivity contribution in [1.29, 1.82) is 0 Å². The Labute approximate surface area is 112 Å². The molecule has 0 amide bonds. The monoisotopic (exact) mass is 345 g/mol. The Balaban J connectivity index is 2.39. The summed E-state index contributed by atoms with van der Waals surface area (Å²) >= 11 is 4.01. The lowest BCUT2D eigenvalue weighted by Gasteiger charge is -2.02. The fraction of sp³-hybridized carbons (Fsp3) is 0.273. The number of aryl methyl sites for hydroxylation is 1. The third-order valence-corrected chi connectivity index (χ3v) is 4.61. The summed E-state index contributed by atoms with van der Waals surface area (Å²) in [6.07, 6.45) is 0. The molecule has 1 aromatic carbocycles. The molecule has 0 unspecified atom stereocenters. The molecule has 0 aliphatic carbocycles. The first-order valence-corrected chi connectivity index (χ1v) is 6.84. The highest BCUT2D eigenvalue weighted by Gasteiger charge is 2.10. The second kappa shape index (κ2) is 5.20. The Hall–Kier alpha value is -0.530. The Morgan fingerprint density at radius 3 is 2.94 bits per heavy atom. The van der Waals surface area contributed by atoms with Crippen molar-refractivity contribution in [3.63, 3.8) is 0 Å². The van der Waals surface area contributed by atoms with E-state index in [9.17, 15) is 0 Å². The van der Waals surface area contributed by atoms with Crippen molar-refractivity contribution in [2.75, 3.05) is 7.05 Å². The summed E-state index contributed by atoms with van der Waals surface area (Å²) in [5.41, 5.74) is 2.46. The highest BCUT2D eigenvalue weighted by atomic mass is 127. The summed E-state index contributed by atoms with van der Waals surface area (Å²) in [4.78, 5) is 0. The summed E-state index contributed by atoms with van der Waals surface area (Å²) in [6.45, 7) is 2.89. The fourth-order valence-corrected chi connectivity index (χ4v) is 3.08. The number of nitrogens with zero attached hydrogens (tertiary/aromatic N) is 2. The topological polar surface area (TPSA) is 37.8 Å². The lowest BCUT2D eigenvalue weighted by Crippen LogP contribution is -2.04. The number of rotatable bonds is 3. The lowest BCUT2D eigenvalue weighted by molar-refractivity contribution is 0.795. The van der Waals surface area contributed by atoms with Gasteiger partial charge in [-0.25, -0.2) is 0 Å². The summed E-state index contributed by atoms with van der Waals surface area (Å²) in [5.74, 6) is 0. The maximum absolute atomic E-state index is 4.23. The first kappa shape index (κ1) is 11.9. The zero-order chi connectivity index (χ0) is 11.5. The molecule has 0 aliphatic heterocycles. The highest BCUT2D eigenvalue weighted by Crippen LogP contribution is 2.29. The normalized spacial score (nSPS) is 10.7. The summed E-state index contributed by atoms with van der Waals surface area (Å²) in [6, 6.07) is 6.27. The molecule has 0 bridgehead atoms. The van der Waals surface area contributed by atoms with Crippen LogP contribution in [0.25, 0.3) is 10.6 Å². The number of nitrogens with one attached hydrogen (secondary N) is 1. The van der Waals surface area contributed by atoms with Crippen molar-refractivity contribution in [3.05, 3.63) is 32.3 Å². The van der Waals surface area contributed by atoms with E-state index in [-0.39, 0.29) is 0 Å². The molecule has 1 N–H and O–H groups in total. The molecule has 0 spiro atoms. The molecule has 2 aromatic rings. The van der Waals surface area contributed by atoms with Crippen molar-refractivity contribution < 1.29 is 0 Å². The second-order valence-corrected chi connectivity index (χ2v) is 5.61. The smallest absolute Gasteiger partial charge is 0.148 e. The molecule has 0 fully saturated rings. The van der Waals surface area contributed by atoms with Crippen molar-refractivity contribution in [2.24, 2.45) is 0 Å². The minimum Gasteiger partial charge on any atom is -0.313 e. The Kier molecular flexibility index (Phi) is 3.88. The lowest BCUT2D eigenvalue weighted by atomic mass is 10.1. The molecule has 1 aromatic heterocycles. The van der Waals surface area contributed by atoms with Crippen LogP contribution in [-0.4, -0.2) is 17.2 Å². The highest BCUT2D eigenvalue weighted by molar-refractivity contribution is 14.1. The third-order valence-electron chi connectivity index (χ3n) is 2.22. The number of hydrogen-bond acceptors (Lipinski definition) is 4. The Bertz CT molecular complexity index is 496. The van der Waals surface area contributed by atoms with Gasteiger partial charge in [-0.1, -0.05) is 29.5 Å². The van der Waals surface area contributed by atoms with Crippen LogP contribution < -0.4 is 5.32 Å². The van der Waals surface area contributed by atoms with Crippen molar-refractivity contribution in [2.45, 2.75) is 13.5 Å². The van der Waals surface area contributed by atoms with Crippen molar-refractivity contribution >= 4 is 33.9 Å². The minimum atomic E-state index is 0.778. The second-order valence-electron chi connectivity index (χ2n) is 3.47. The van der Waals surface area contributed by atoms with Crippen LogP contribution in [0.4, 0.5) is 0 Å². The van der Waals surface area contributed by atoms with Gasteiger partial charge in [0.2, 0.25) is 0 Å². The van der Waals surface area contributed by atoms with E-state index in [0.717, 1.165) is 16.6 Å². The van der Waals surface area contributed by atoms with Crippen molar-refractivity contribution in [1.82, 2.24) is 15.5 Å². The van der Waals surface area contributed by atoms with E-state index in [1.165, 1.54) is 14.7 Å². The number of hydrogen-bond donors (Lipinski definition) is 1. The van der Waals surface area contributed by atoms with Gasteiger partial charge in [-0.05, 0) is 42.1 Å². The van der Waals surface area contributed by atoms with Crippen LogP contribution in [0, 0.1) is 10.5 Å². The molecule has 1 heterocycles. The first-order chi connectivity index (χ1) is 7.72. The van der Waals surface area contributed by atoms with Gasteiger partial charge in [-0.3, -0.25) is 0 Å². The van der Waals surface area contributed by atoms with Crippen molar-refractivity contribution in [3.8, 4) is 10.6 Å². The maximum atomic E-state index is 4.23. The van der Waals surface area contributed by atoms with E-state index in [1.807, 2.05) is 7.05 Å². The molecule has 5 heteroatoms. The van der Waals surface area contributed by atoms with Gasteiger partial charge in [0.1, 0.15) is 10.0 Å². The third kappa shape index (κ3) is 2.41. The van der Waals surface area contributed by atoms with E-state index in [1.54, 1.807) is 11.3 Å². The molecule has 16 heavy (non-hydrogen) atoms. The van der Waals surface area contributed by atoms with Crippen LogP contribution in [-0.2, 0) is 6.54 Å². The number of benzene rings is 1. The predicted molar refractivity (Wildman–Crippen MR) is 75.6 cm³/mol. The van der Waals surface area contributed by atoms with Crippen LogP contribution in [0.2, 0.25) is 0 Å². The van der Waals surface area contributed by atoms with E-state index in [0.29, 0.717) is 0 Å². The molecule has 84 valence electrons. The molecule has 0 atom stereocenters. The predicted octanol–water partition coefficient (Wildman–Crippen LogP) is 2.84. The van der Waals surface area contributed by atoms with Crippen LogP contribution in [0.3, 0.4) is 0 Å². The number of halogens is 1. The quantitative estimate of drug-likeness (QED) is 0.870. The zero-order valence-corrected chi connectivity index (χ0v) is 12.1. The largest absolute Gasteiger partial charge is 0.313 e. The molecule has 0 saturated carbocycles. The first-order valence-electron chi connectivity index (χ1n) is 4.95. The van der Waals surface area contributed by atoms with Gasteiger partial charge < -0.3 is 5.32 Å². The standard InChI is InChI=1S/C11H12IN3S/c1-7-4-3-5-8(10(7)12)11-15-14-9(16-11)6-13-2/h3-5,13H,6H2,1-2H3. The maximum Gasteiger partial charge on any atom is 0.148 e. The Morgan fingerprint density at radius 1 is 1.38 bits per heavy atom. The molecular weight excluding hydrogens is 333 g/mol. The summed E-state index contributed by atoms with van der Waals surface area (Å²) in [5, 5.41) is 13.5. The van der Waals surface area contributed by atoms with E-state index in [2.05, 4.69) is 63.2 Å². The molecule has 3 nitrogen and oxygen atoms in total. The van der Waals surface area contributed by atoms with Gasteiger partial charge in [-0.2, -0.15) is 0 Å². The molecule has 0 saturated heterocycles. The zero-order valence-electron chi connectivity index (χ0n) is 9.12. The molecule has 0 radical (unpaired) electrons. The number of aromatic nitrogens is 2. The molecule has 0 aliphatic rings. The Morgan fingerprint density at radius 2 is 2.19 bits per heavy atom. The average Bonchev–Trinajstić information content (AvgIpc) is 2.71. The van der Waals surface area contributed by atoms with E-state index in [4.69, 9.17) is 0 Å². The van der Waals surface area contributed by atoms with Crippen LogP contribution in [0.1, 0.15) is 10.6 Å². The average molecular weight is 345 g/mol. The van der Waals surface area contributed by atoms with Crippen LogP contribution in [0.5, 0.6) is 0 Å². The van der Waals surface area contributed by atoms with Gasteiger partial charge >= 0.3 is 0 Å².